The molecule has 0 aromatic carbocycles. The van der Waals surface area contributed by atoms with Crippen LogP contribution in [0, 0.1) is 5.92 Å². The number of rotatable bonds is 5. The number of hydrogen-bond acceptors (Lipinski definition) is 3. The van der Waals surface area contributed by atoms with Gasteiger partial charge >= 0.3 is 0 Å². The first kappa shape index (κ1) is 7.98. The minimum absolute atomic E-state index is 0.389. The van der Waals surface area contributed by atoms with Crippen LogP contribution in [0.3, 0.4) is 0 Å². The molecule has 1 fully saturated rings. The van der Waals surface area contributed by atoms with E-state index in [0.29, 0.717) is 12.0 Å². The molecular weight excluding hydrogens is 132 g/mol. The Kier molecular flexibility index (Phi) is 3.12. The second-order valence-electron chi connectivity index (χ2n) is 2.54. The molecule has 1 aliphatic rings. The highest BCUT2D eigenvalue weighted by Gasteiger charge is 2.32. The van der Waals surface area contributed by atoms with Crippen molar-refractivity contribution in [2.75, 3.05) is 34.0 Å². The van der Waals surface area contributed by atoms with E-state index in [1.165, 1.54) is 0 Å². The van der Waals surface area contributed by atoms with Crippen molar-refractivity contribution in [1.29, 1.82) is 0 Å². The van der Waals surface area contributed by atoms with Crippen LogP contribution < -0.4 is 0 Å². The molecule has 10 heavy (non-hydrogen) atoms. The van der Waals surface area contributed by atoms with E-state index in [0.717, 1.165) is 19.8 Å². The van der Waals surface area contributed by atoms with Crippen LogP contribution in [0.4, 0.5) is 0 Å². The average Bonchev–Trinajstić information content (AvgIpc) is 2.69. The molecule has 3 heteroatoms. The molecule has 1 atom stereocenters. The van der Waals surface area contributed by atoms with Gasteiger partial charge in [-0.2, -0.15) is 0 Å². The summed E-state index contributed by atoms with van der Waals surface area (Å²) in [5, 5.41) is 0. The number of methoxy groups -OCH3 is 2. The second-order valence-corrected chi connectivity index (χ2v) is 2.54. The SMILES string of the molecule is COCC(COC)C1CO1. The number of hydrogen-bond donors (Lipinski definition) is 0. The standard InChI is InChI=1S/C7H14O3/c1-8-3-6(4-9-2)7-5-10-7/h6-7H,3-5H2,1-2H3. The maximum absolute atomic E-state index is 5.12. The van der Waals surface area contributed by atoms with Gasteiger partial charge in [0.05, 0.1) is 25.9 Å². The number of epoxide rings is 1. The smallest absolute Gasteiger partial charge is 0.0882 e. The zero-order valence-electron chi connectivity index (χ0n) is 6.50. The van der Waals surface area contributed by atoms with Gasteiger partial charge in [0.15, 0.2) is 0 Å². The third-order valence-electron chi connectivity index (χ3n) is 1.65. The zero-order valence-corrected chi connectivity index (χ0v) is 6.50. The Bertz CT molecular complexity index is 84.9. The summed E-state index contributed by atoms with van der Waals surface area (Å²) in [6.45, 7) is 2.34. The van der Waals surface area contributed by atoms with Crippen molar-refractivity contribution in [3.8, 4) is 0 Å². The molecule has 0 saturated carbocycles. The van der Waals surface area contributed by atoms with Crippen LogP contribution in [0.1, 0.15) is 0 Å². The van der Waals surface area contributed by atoms with Gasteiger partial charge in [-0.3, -0.25) is 0 Å². The molecule has 1 saturated heterocycles. The summed E-state index contributed by atoms with van der Waals surface area (Å²) in [6.07, 6.45) is 0.389. The van der Waals surface area contributed by atoms with Crippen molar-refractivity contribution < 1.29 is 14.2 Å². The van der Waals surface area contributed by atoms with Crippen LogP contribution in [0.15, 0.2) is 0 Å². The highest BCUT2D eigenvalue weighted by atomic mass is 16.6. The van der Waals surface area contributed by atoms with Gasteiger partial charge in [-0.05, 0) is 0 Å². The Morgan fingerprint density at radius 2 is 1.90 bits per heavy atom. The molecule has 0 aliphatic carbocycles. The molecule has 0 N–H and O–H groups in total. The van der Waals surface area contributed by atoms with Gasteiger partial charge in [0.1, 0.15) is 0 Å². The van der Waals surface area contributed by atoms with Crippen LogP contribution in [-0.2, 0) is 14.2 Å². The molecule has 1 rings (SSSR count). The fourth-order valence-electron chi connectivity index (χ4n) is 1.02. The van der Waals surface area contributed by atoms with Gasteiger partial charge in [0.2, 0.25) is 0 Å². The molecular formula is C7H14O3. The highest BCUT2D eigenvalue weighted by molar-refractivity contribution is 4.78. The van der Waals surface area contributed by atoms with Gasteiger partial charge in [0.25, 0.3) is 0 Å². The van der Waals surface area contributed by atoms with E-state index in [4.69, 9.17) is 14.2 Å². The lowest BCUT2D eigenvalue weighted by atomic mass is 10.1. The Hall–Kier alpha value is -0.120. The van der Waals surface area contributed by atoms with Gasteiger partial charge in [-0.15, -0.1) is 0 Å². The van der Waals surface area contributed by atoms with Crippen molar-refractivity contribution in [1.82, 2.24) is 0 Å². The highest BCUT2D eigenvalue weighted by Crippen LogP contribution is 2.20. The van der Waals surface area contributed by atoms with Crippen LogP contribution in [-0.4, -0.2) is 40.1 Å². The van der Waals surface area contributed by atoms with Crippen LogP contribution in [0.2, 0.25) is 0 Å². The lowest BCUT2D eigenvalue weighted by Gasteiger charge is -2.10. The van der Waals surface area contributed by atoms with Crippen molar-refractivity contribution in [3.05, 3.63) is 0 Å². The quantitative estimate of drug-likeness (QED) is 0.522. The van der Waals surface area contributed by atoms with Crippen molar-refractivity contribution in [3.63, 3.8) is 0 Å². The monoisotopic (exact) mass is 146 g/mol. The lowest BCUT2D eigenvalue weighted by Crippen LogP contribution is -2.20. The predicted octanol–water partition coefficient (Wildman–Crippen LogP) is 0.294. The van der Waals surface area contributed by atoms with E-state index in [1.54, 1.807) is 14.2 Å². The van der Waals surface area contributed by atoms with Gasteiger partial charge < -0.3 is 14.2 Å². The summed E-state index contributed by atoms with van der Waals surface area (Å²) in [5.41, 5.74) is 0. The summed E-state index contributed by atoms with van der Waals surface area (Å²) in [5.74, 6) is 0.426. The predicted molar refractivity (Wildman–Crippen MR) is 37.0 cm³/mol. The molecule has 1 aliphatic heterocycles. The molecule has 0 radical (unpaired) electrons. The summed E-state index contributed by atoms with van der Waals surface area (Å²) in [4.78, 5) is 0. The maximum Gasteiger partial charge on any atom is 0.0882 e. The largest absolute Gasteiger partial charge is 0.384 e. The summed E-state index contributed by atoms with van der Waals surface area (Å²) >= 11 is 0. The molecule has 0 bridgehead atoms. The van der Waals surface area contributed by atoms with Crippen LogP contribution in [0.25, 0.3) is 0 Å². The summed E-state index contributed by atoms with van der Waals surface area (Å²) < 4.78 is 15.1. The molecule has 0 aromatic heterocycles. The van der Waals surface area contributed by atoms with E-state index < -0.39 is 0 Å². The Labute approximate surface area is 61.3 Å². The van der Waals surface area contributed by atoms with Gasteiger partial charge in [-0.1, -0.05) is 0 Å². The fraction of sp³-hybridized carbons (Fsp3) is 1.00. The second kappa shape index (κ2) is 3.91. The first-order valence-corrected chi connectivity index (χ1v) is 3.48. The molecule has 60 valence electrons. The zero-order chi connectivity index (χ0) is 7.40. The Morgan fingerprint density at radius 3 is 2.20 bits per heavy atom. The normalized spacial score (nSPS) is 23.7. The molecule has 0 spiro atoms. The molecule has 3 nitrogen and oxygen atoms in total. The van der Waals surface area contributed by atoms with E-state index in [1.807, 2.05) is 0 Å². The third-order valence-corrected chi connectivity index (χ3v) is 1.65. The summed E-state index contributed by atoms with van der Waals surface area (Å²) in [6, 6.07) is 0. The average molecular weight is 146 g/mol. The van der Waals surface area contributed by atoms with Gasteiger partial charge in [0, 0.05) is 20.1 Å². The molecule has 1 unspecified atom stereocenters. The van der Waals surface area contributed by atoms with Crippen LogP contribution >= 0.6 is 0 Å². The molecule has 0 aromatic rings. The van der Waals surface area contributed by atoms with E-state index in [9.17, 15) is 0 Å². The van der Waals surface area contributed by atoms with Crippen LogP contribution in [0.5, 0.6) is 0 Å². The Balaban J connectivity index is 2.13. The minimum Gasteiger partial charge on any atom is -0.384 e. The maximum atomic E-state index is 5.12. The minimum atomic E-state index is 0.389. The van der Waals surface area contributed by atoms with E-state index >= 15 is 0 Å². The van der Waals surface area contributed by atoms with E-state index in [2.05, 4.69) is 0 Å². The van der Waals surface area contributed by atoms with Crippen molar-refractivity contribution in [2.24, 2.45) is 5.92 Å². The summed E-state index contributed by atoms with van der Waals surface area (Å²) in [7, 11) is 3.40. The number of ether oxygens (including phenoxy) is 3. The topological polar surface area (TPSA) is 31.0 Å². The van der Waals surface area contributed by atoms with Gasteiger partial charge in [-0.25, -0.2) is 0 Å². The molecule has 1 heterocycles. The Morgan fingerprint density at radius 1 is 1.40 bits per heavy atom. The lowest BCUT2D eigenvalue weighted by molar-refractivity contribution is 0.0695. The molecule has 0 amide bonds. The van der Waals surface area contributed by atoms with Crippen molar-refractivity contribution >= 4 is 0 Å². The van der Waals surface area contributed by atoms with E-state index in [-0.39, 0.29) is 0 Å². The third kappa shape index (κ3) is 2.25. The first-order chi connectivity index (χ1) is 4.88. The fourth-order valence-corrected chi connectivity index (χ4v) is 1.02. The van der Waals surface area contributed by atoms with Crippen molar-refractivity contribution in [2.45, 2.75) is 6.10 Å². The first-order valence-electron chi connectivity index (χ1n) is 3.48.